The third-order valence-electron chi connectivity index (χ3n) is 5.55. The molecule has 0 spiro atoms. The minimum Gasteiger partial charge on any atom is -0.452 e. The third-order valence-corrected chi connectivity index (χ3v) is 5.55. The van der Waals surface area contributed by atoms with Crippen LogP contribution in [0.4, 0.5) is 0 Å². The Morgan fingerprint density at radius 2 is 1.58 bits per heavy atom. The summed E-state index contributed by atoms with van der Waals surface area (Å²) in [6.07, 6.45) is 2.78. The van der Waals surface area contributed by atoms with Crippen molar-refractivity contribution >= 4 is 11.9 Å². The second kappa shape index (κ2) is 9.16. The van der Waals surface area contributed by atoms with Crippen LogP contribution in [0.3, 0.4) is 0 Å². The standard InChI is InChI=1S/C25H27N3O3/c1-18-13-19(2)15-27(14-18)23(29)17-31-25(30)22-16-28(21-11-7-4-8-12-21)26-24(22)20-9-5-3-6-10-20/h3-12,16,18-19H,13-15,17H2,1-2H3/t18-,19-/m0/s1. The molecule has 1 aliphatic heterocycles. The molecule has 0 bridgehead atoms. The molecule has 0 radical (unpaired) electrons. The van der Waals surface area contributed by atoms with E-state index in [9.17, 15) is 9.59 Å². The van der Waals surface area contributed by atoms with Crippen LogP contribution in [0.5, 0.6) is 0 Å². The summed E-state index contributed by atoms with van der Waals surface area (Å²) in [5.41, 5.74) is 2.52. The van der Waals surface area contributed by atoms with Crippen molar-refractivity contribution in [3.8, 4) is 16.9 Å². The molecule has 31 heavy (non-hydrogen) atoms. The average Bonchev–Trinajstić information content (AvgIpc) is 3.23. The highest BCUT2D eigenvalue weighted by atomic mass is 16.5. The Balaban J connectivity index is 1.54. The van der Waals surface area contributed by atoms with E-state index in [-0.39, 0.29) is 12.5 Å². The first-order valence-electron chi connectivity index (χ1n) is 10.7. The molecule has 1 aliphatic rings. The van der Waals surface area contributed by atoms with Crippen LogP contribution in [-0.4, -0.2) is 46.3 Å². The van der Waals surface area contributed by atoms with E-state index >= 15 is 0 Å². The number of hydrogen-bond acceptors (Lipinski definition) is 4. The Morgan fingerprint density at radius 1 is 0.968 bits per heavy atom. The molecule has 0 N–H and O–H groups in total. The van der Waals surface area contributed by atoms with E-state index in [0.29, 0.717) is 36.2 Å². The number of benzene rings is 2. The minimum absolute atomic E-state index is 0.150. The lowest BCUT2D eigenvalue weighted by Crippen LogP contribution is -2.44. The van der Waals surface area contributed by atoms with Gasteiger partial charge in [-0.3, -0.25) is 4.79 Å². The summed E-state index contributed by atoms with van der Waals surface area (Å²) < 4.78 is 7.10. The monoisotopic (exact) mass is 417 g/mol. The lowest BCUT2D eigenvalue weighted by molar-refractivity contribution is -0.137. The van der Waals surface area contributed by atoms with Gasteiger partial charge < -0.3 is 9.64 Å². The van der Waals surface area contributed by atoms with Crippen LogP contribution in [0.2, 0.25) is 0 Å². The Kier molecular flexibility index (Phi) is 6.16. The van der Waals surface area contributed by atoms with Gasteiger partial charge in [-0.25, -0.2) is 9.48 Å². The van der Waals surface area contributed by atoms with Crippen LogP contribution in [0.25, 0.3) is 16.9 Å². The number of piperidine rings is 1. The van der Waals surface area contributed by atoms with Gasteiger partial charge in [-0.15, -0.1) is 0 Å². The van der Waals surface area contributed by atoms with Gasteiger partial charge in [-0.1, -0.05) is 62.4 Å². The summed E-state index contributed by atoms with van der Waals surface area (Å²) in [5, 5.41) is 4.63. The molecule has 1 aromatic heterocycles. The molecule has 4 rings (SSSR count). The number of aromatic nitrogens is 2. The molecule has 1 saturated heterocycles. The number of carbonyl (C=O) groups excluding carboxylic acids is 2. The number of nitrogens with zero attached hydrogens (tertiary/aromatic N) is 3. The second-order valence-electron chi connectivity index (χ2n) is 8.36. The Labute approximate surface area is 182 Å². The number of rotatable bonds is 5. The van der Waals surface area contributed by atoms with Crippen LogP contribution in [0, 0.1) is 11.8 Å². The lowest BCUT2D eigenvalue weighted by Gasteiger charge is -2.34. The van der Waals surface area contributed by atoms with Gasteiger partial charge in [0.05, 0.1) is 5.69 Å². The maximum atomic E-state index is 13.0. The van der Waals surface area contributed by atoms with Crippen LogP contribution in [0.1, 0.15) is 30.6 Å². The molecule has 0 saturated carbocycles. The molecule has 160 valence electrons. The predicted molar refractivity (Wildman–Crippen MR) is 119 cm³/mol. The molecular formula is C25H27N3O3. The molecular weight excluding hydrogens is 390 g/mol. The summed E-state index contributed by atoms with van der Waals surface area (Å²) >= 11 is 0. The maximum Gasteiger partial charge on any atom is 0.342 e. The zero-order chi connectivity index (χ0) is 21.8. The summed E-state index contributed by atoms with van der Waals surface area (Å²) in [4.78, 5) is 27.4. The van der Waals surface area contributed by atoms with Crippen molar-refractivity contribution in [2.75, 3.05) is 19.7 Å². The first kappa shape index (κ1) is 20.8. The van der Waals surface area contributed by atoms with E-state index in [1.165, 1.54) is 0 Å². The van der Waals surface area contributed by atoms with Crippen LogP contribution < -0.4 is 0 Å². The van der Waals surface area contributed by atoms with Gasteiger partial charge in [0.1, 0.15) is 11.3 Å². The number of hydrogen-bond donors (Lipinski definition) is 0. The van der Waals surface area contributed by atoms with Crippen molar-refractivity contribution in [3.63, 3.8) is 0 Å². The number of carbonyl (C=O) groups is 2. The van der Waals surface area contributed by atoms with Gasteiger partial charge in [0.25, 0.3) is 5.91 Å². The van der Waals surface area contributed by atoms with Crippen LogP contribution in [0.15, 0.2) is 66.9 Å². The van der Waals surface area contributed by atoms with Gasteiger partial charge in [0.15, 0.2) is 6.61 Å². The predicted octanol–water partition coefficient (Wildman–Crippen LogP) is 4.20. The summed E-state index contributed by atoms with van der Waals surface area (Å²) in [6, 6.07) is 19.1. The molecule has 2 atom stereocenters. The molecule has 0 unspecified atom stereocenters. The molecule has 1 amide bonds. The zero-order valence-electron chi connectivity index (χ0n) is 17.9. The molecule has 3 aromatic rings. The van der Waals surface area contributed by atoms with Crippen LogP contribution >= 0.6 is 0 Å². The number of esters is 1. The van der Waals surface area contributed by atoms with Crippen molar-refractivity contribution in [1.29, 1.82) is 0 Å². The normalized spacial score (nSPS) is 18.6. The van der Waals surface area contributed by atoms with E-state index in [0.717, 1.165) is 17.7 Å². The fourth-order valence-electron chi connectivity index (χ4n) is 4.21. The minimum atomic E-state index is -0.549. The SMILES string of the molecule is C[C@H]1C[C@H](C)CN(C(=O)COC(=O)c2cn(-c3ccccc3)nc2-c2ccccc2)C1. The number of amides is 1. The van der Waals surface area contributed by atoms with Crippen molar-refractivity contribution in [1.82, 2.24) is 14.7 Å². The fourth-order valence-corrected chi connectivity index (χ4v) is 4.21. The first-order valence-corrected chi connectivity index (χ1v) is 10.7. The number of para-hydroxylation sites is 1. The molecule has 6 heteroatoms. The van der Waals surface area contributed by atoms with Gasteiger partial charge >= 0.3 is 5.97 Å². The average molecular weight is 418 g/mol. The Bertz CT molecular complexity index is 1040. The quantitative estimate of drug-likeness (QED) is 0.584. The van der Waals surface area contributed by atoms with Gasteiger partial charge in [-0.05, 0) is 30.4 Å². The highest BCUT2D eigenvalue weighted by Gasteiger charge is 2.27. The fraction of sp³-hybridized carbons (Fsp3) is 0.320. The van der Waals surface area contributed by atoms with Gasteiger partial charge in [0.2, 0.25) is 0 Å². The molecule has 2 heterocycles. The smallest absolute Gasteiger partial charge is 0.342 e. The summed E-state index contributed by atoms with van der Waals surface area (Å²) in [6.45, 7) is 5.45. The van der Waals surface area contributed by atoms with E-state index in [2.05, 4.69) is 18.9 Å². The number of likely N-dealkylation sites (tertiary alicyclic amines) is 1. The van der Waals surface area contributed by atoms with Gasteiger partial charge in [0, 0.05) is 24.8 Å². The maximum absolute atomic E-state index is 13.0. The Morgan fingerprint density at radius 3 is 2.23 bits per heavy atom. The van der Waals surface area contributed by atoms with E-state index in [4.69, 9.17) is 4.74 Å². The van der Waals surface area contributed by atoms with Crippen molar-refractivity contribution in [3.05, 3.63) is 72.4 Å². The molecule has 6 nitrogen and oxygen atoms in total. The second-order valence-corrected chi connectivity index (χ2v) is 8.36. The highest BCUT2D eigenvalue weighted by Crippen LogP contribution is 2.25. The van der Waals surface area contributed by atoms with Crippen molar-refractivity contribution in [2.45, 2.75) is 20.3 Å². The largest absolute Gasteiger partial charge is 0.452 e. The molecule has 0 aliphatic carbocycles. The topological polar surface area (TPSA) is 64.4 Å². The highest BCUT2D eigenvalue weighted by molar-refractivity contribution is 5.97. The van der Waals surface area contributed by atoms with Crippen LogP contribution in [-0.2, 0) is 9.53 Å². The van der Waals surface area contributed by atoms with E-state index < -0.39 is 5.97 Å². The lowest BCUT2D eigenvalue weighted by atomic mass is 9.92. The summed E-state index contributed by atoms with van der Waals surface area (Å²) in [7, 11) is 0. The zero-order valence-corrected chi connectivity index (χ0v) is 17.9. The van der Waals surface area contributed by atoms with Crippen molar-refractivity contribution in [2.24, 2.45) is 11.8 Å². The van der Waals surface area contributed by atoms with Gasteiger partial charge in [-0.2, -0.15) is 5.10 Å². The third kappa shape index (κ3) is 4.85. The Hall–Kier alpha value is -3.41. The van der Waals surface area contributed by atoms with E-state index in [1.54, 1.807) is 15.8 Å². The van der Waals surface area contributed by atoms with Crippen molar-refractivity contribution < 1.29 is 14.3 Å². The van der Waals surface area contributed by atoms with E-state index in [1.807, 2.05) is 60.7 Å². The molecule has 2 aromatic carbocycles. The molecule has 1 fully saturated rings. The first-order chi connectivity index (χ1) is 15.0. The summed E-state index contributed by atoms with van der Waals surface area (Å²) in [5.74, 6) is 0.213. The number of ether oxygens (including phenoxy) is 1.